The van der Waals surface area contributed by atoms with Gasteiger partial charge in [0.15, 0.2) is 6.29 Å². The summed E-state index contributed by atoms with van der Waals surface area (Å²) >= 11 is 7.39. The summed E-state index contributed by atoms with van der Waals surface area (Å²) in [7, 11) is 0. The van der Waals surface area contributed by atoms with Gasteiger partial charge in [-0.05, 0) is 30.3 Å². The van der Waals surface area contributed by atoms with Crippen molar-refractivity contribution in [3.05, 3.63) is 59.1 Å². The van der Waals surface area contributed by atoms with Crippen LogP contribution >= 0.6 is 23.4 Å². The largest absolute Gasteiger partial charge is 0.298 e. The van der Waals surface area contributed by atoms with Gasteiger partial charge >= 0.3 is 0 Å². The summed E-state index contributed by atoms with van der Waals surface area (Å²) in [5.41, 5.74) is 0.626. The van der Waals surface area contributed by atoms with Crippen molar-refractivity contribution < 1.29 is 4.79 Å². The molecule has 0 amide bonds. The molecule has 0 aliphatic heterocycles. The van der Waals surface area contributed by atoms with Gasteiger partial charge in [-0.25, -0.2) is 0 Å². The van der Waals surface area contributed by atoms with Crippen LogP contribution in [0.1, 0.15) is 10.4 Å². The second kappa shape index (κ2) is 5.19. The van der Waals surface area contributed by atoms with Gasteiger partial charge in [-0.15, -0.1) is 0 Å². The Balaban J connectivity index is 2.31. The number of benzene rings is 2. The molecule has 0 heterocycles. The maximum Gasteiger partial charge on any atom is 0.151 e. The minimum atomic E-state index is 0.583. The van der Waals surface area contributed by atoms with Crippen LogP contribution in [0.15, 0.2) is 58.3 Å². The van der Waals surface area contributed by atoms with Gasteiger partial charge in [-0.1, -0.05) is 41.6 Å². The number of carbonyl (C=O) groups excluding carboxylic acids is 1. The summed E-state index contributed by atoms with van der Waals surface area (Å²) in [5.74, 6) is 0. The Morgan fingerprint density at radius 3 is 2.50 bits per heavy atom. The molecule has 0 aliphatic carbocycles. The van der Waals surface area contributed by atoms with Crippen LogP contribution in [-0.2, 0) is 0 Å². The van der Waals surface area contributed by atoms with Gasteiger partial charge in [0.2, 0.25) is 0 Å². The zero-order valence-corrected chi connectivity index (χ0v) is 9.96. The number of hydrogen-bond acceptors (Lipinski definition) is 2. The normalized spacial score (nSPS) is 10.1. The molecule has 80 valence electrons. The van der Waals surface area contributed by atoms with Crippen molar-refractivity contribution in [2.24, 2.45) is 0 Å². The maximum atomic E-state index is 10.9. The minimum Gasteiger partial charge on any atom is -0.298 e. The molecule has 3 heteroatoms. The van der Waals surface area contributed by atoms with Crippen LogP contribution in [0.3, 0.4) is 0 Å². The Morgan fingerprint density at radius 1 is 1.06 bits per heavy atom. The van der Waals surface area contributed by atoms with E-state index in [2.05, 4.69) is 0 Å². The molecule has 2 rings (SSSR count). The van der Waals surface area contributed by atoms with Crippen LogP contribution < -0.4 is 0 Å². The molecule has 0 atom stereocenters. The molecule has 0 unspecified atom stereocenters. The number of aldehydes is 1. The van der Waals surface area contributed by atoms with Gasteiger partial charge in [-0.3, -0.25) is 4.79 Å². The third kappa shape index (κ3) is 2.65. The lowest BCUT2D eigenvalue weighted by atomic mass is 10.2. The molecule has 0 bridgehead atoms. The maximum absolute atomic E-state index is 10.9. The molecule has 0 radical (unpaired) electrons. The second-order valence-electron chi connectivity index (χ2n) is 3.22. The van der Waals surface area contributed by atoms with Gasteiger partial charge in [-0.2, -0.15) is 0 Å². The molecule has 0 N–H and O–H groups in total. The third-order valence-electron chi connectivity index (χ3n) is 2.07. The fourth-order valence-electron chi connectivity index (χ4n) is 1.32. The van der Waals surface area contributed by atoms with Crippen LogP contribution in [0.2, 0.25) is 5.02 Å². The quantitative estimate of drug-likeness (QED) is 0.754. The van der Waals surface area contributed by atoms with Crippen LogP contribution in [0.5, 0.6) is 0 Å². The van der Waals surface area contributed by atoms with Crippen LogP contribution in [0, 0.1) is 0 Å². The molecule has 0 saturated carbocycles. The molecule has 0 aromatic heterocycles. The highest BCUT2D eigenvalue weighted by Crippen LogP contribution is 2.30. The van der Waals surface area contributed by atoms with E-state index in [9.17, 15) is 4.79 Å². The molecule has 0 fully saturated rings. The minimum absolute atomic E-state index is 0.583. The monoisotopic (exact) mass is 248 g/mol. The van der Waals surface area contributed by atoms with E-state index in [-0.39, 0.29) is 0 Å². The third-order valence-corrected chi connectivity index (χ3v) is 3.40. The van der Waals surface area contributed by atoms with Crippen molar-refractivity contribution >= 4 is 29.6 Å². The molecule has 2 aromatic carbocycles. The summed E-state index contributed by atoms with van der Waals surface area (Å²) in [6.07, 6.45) is 0.831. The highest BCUT2D eigenvalue weighted by Gasteiger charge is 2.04. The Bertz CT molecular complexity index is 497. The molecule has 0 saturated heterocycles. The molecular weight excluding hydrogens is 240 g/mol. The molecule has 2 aromatic rings. The fraction of sp³-hybridized carbons (Fsp3) is 0. The highest BCUT2D eigenvalue weighted by molar-refractivity contribution is 7.99. The summed E-state index contributed by atoms with van der Waals surface area (Å²) < 4.78 is 0. The first kappa shape index (κ1) is 11.2. The highest BCUT2D eigenvalue weighted by atomic mass is 35.5. The molecule has 16 heavy (non-hydrogen) atoms. The van der Waals surface area contributed by atoms with Crippen LogP contribution in [-0.4, -0.2) is 6.29 Å². The lowest BCUT2D eigenvalue weighted by Gasteiger charge is -2.04. The Hall–Kier alpha value is -1.25. The van der Waals surface area contributed by atoms with Gasteiger partial charge in [0.1, 0.15) is 0 Å². The molecule has 1 nitrogen and oxygen atoms in total. The van der Waals surface area contributed by atoms with Crippen molar-refractivity contribution in [2.45, 2.75) is 9.79 Å². The first-order chi connectivity index (χ1) is 7.79. The zero-order chi connectivity index (χ0) is 11.4. The Morgan fingerprint density at radius 2 is 1.81 bits per heavy atom. The van der Waals surface area contributed by atoms with E-state index in [0.717, 1.165) is 16.1 Å². The summed E-state index contributed by atoms with van der Waals surface area (Å²) in [5, 5.41) is 0.583. The summed E-state index contributed by atoms with van der Waals surface area (Å²) in [4.78, 5) is 12.9. The fourth-order valence-corrected chi connectivity index (χ4v) is 2.41. The number of carbonyl (C=O) groups is 1. The van der Waals surface area contributed by atoms with E-state index in [1.54, 1.807) is 23.9 Å². The number of rotatable bonds is 3. The van der Waals surface area contributed by atoms with E-state index in [1.165, 1.54) is 0 Å². The Labute approximate surface area is 103 Å². The average molecular weight is 249 g/mol. The number of hydrogen-bond donors (Lipinski definition) is 0. The van der Waals surface area contributed by atoms with E-state index in [4.69, 9.17) is 11.6 Å². The van der Waals surface area contributed by atoms with Gasteiger partial charge in [0.05, 0.1) is 0 Å². The SMILES string of the molecule is O=Cc1cc(Cl)ccc1Sc1ccccc1. The summed E-state index contributed by atoms with van der Waals surface area (Å²) in [6, 6.07) is 15.3. The predicted octanol–water partition coefficient (Wildman–Crippen LogP) is 4.30. The molecular formula is C13H9ClOS. The van der Waals surface area contributed by atoms with E-state index in [0.29, 0.717) is 10.6 Å². The van der Waals surface area contributed by atoms with Crippen molar-refractivity contribution in [3.63, 3.8) is 0 Å². The van der Waals surface area contributed by atoms with Crippen molar-refractivity contribution in [3.8, 4) is 0 Å². The lowest BCUT2D eigenvalue weighted by Crippen LogP contribution is -1.84. The van der Waals surface area contributed by atoms with Crippen LogP contribution in [0.25, 0.3) is 0 Å². The standard InChI is InChI=1S/C13H9ClOS/c14-11-6-7-13(10(8-11)9-15)16-12-4-2-1-3-5-12/h1-9H. The van der Waals surface area contributed by atoms with Gasteiger partial charge < -0.3 is 0 Å². The van der Waals surface area contributed by atoms with Gasteiger partial charge in [0, 0.05) is 20.4 Å². The van der Waals surface area contributed by atoms with Crippen LogP contribution in [0.4, 0.5) is 0 Å². The average Bonchev–Trinajstić information content (AvgIpc) is 2.33. The second-order valence-corrected chi connectivity index (χ2v) is 4.77. The topological polar surface area (TPSA) is 17.1 Å². The van der Waals surface area contributed by atoms with Crippen molar-refractivity contribution in [1.82, 2.24) is 0 Å². The van der Waals surface area contributed by atoms with E-state index >= 15 is 0 Å². The van der Waals surface area contributed by atoms with E-state index < -0.39 is 0 Å². The first-order valence-electron chi connectivity index (χ1n) is 4.77. The van der Waals surface area contributed by atoms with Crippen molar-refractivity contribution in [2.75, 3.05) is 0 Å². The first-order valence-corrected chi connectivity index (χ1v) is 5.96. The number of halogens is 1. The summed E-state index contributed by atoms with van der Waals surface area (Å²) in [6.45, 7) is 0. The lowest BCUT2D eigenvalue weighted by molar-refractivity contribution is 0.112. The smallest absolute Gasteiger partial charge is 0.151 e. The van der Waals surface area contributed by atoms with Gasteiger partial charge in [0.25, 0.3) is 0 Å². The Kier molecular flexibility index (Phi) is 3.65. The molecule has 0 spiro atoms. The molecule has 0 aliphatic rings. The van der Waals surface area contributed by atoms with Crippen molar-refractivity contribution in [1.29, 1.82) is 0 Å². The predicted molar refractivity (Wildman–Crippen MR) is 67.4 cm³/mol. The zero-order valence-electron chi connectivity index (χ0n) is 8.39. The van der Waals surface area contributed by atoms with E-state index in [1.807, 2.05) is 36.4 Å².